The summed E-state index contributed by atoms with van der Waals surface area (Å²) in [4.78, 5) is 0. The number of aliphatic hydroxyl groups is 2. The molecule has 1 heterocycles. The molecule has 5 heteroatoms. The standard InChI is InChI=1S/C10H18O5/c1-4-5-14-10-9(13-3)8(12)7(11)6(2)15-10/h4,6-12H,1,5H2,2-3H3/t6-,7+,8+,9-,10+/m0/s1. The van der Waals surface area contributed by atoms with Crippen LogP contribution in [0.15, 0.2) is 12.7 Å². The SMILES string of the molecule is C=CCO[C@@H]1O[C@@H](C)[C@@H](O)[C@@H](O)[C@@H]1OC. The molecule has 1 rings (SSSR count). The van der Waals surface area contributed by atoms with Crippen LogP contribution >= 0.6 is 0 Å². The summed E-state index contributed by atoms with van der Waals surface area (Å²) in [6, 6.07) is 0. The topological polar surface area (TPSA) is 68.2 Å². The highest BCUT2D eigenvalue weighted by molar-refractivity contribution is 4.88. The van der Waals surface area contributed by atoms with Crippen LogP contribution in [0.5, 0.6) is 0 Å². The van der Waals surface area contributed by atoms with E-state index in [1.165, 1.54) is 7.11 Å². The molecule has 0 unspecified atom stereocenters. The monoisotopic (exact) mass is 218 g/mol. The van der Waals surface area contributed by atoms with Crippen LogP contribution in [0.2, 0.25) is 0 Å². The summed E-state index contributed by atoms with van der Waals surface area (Å²) in [5.41, 5.74) is 0. The molecular weight excluding hydrogens is 200 g/mol. The van der Waals surface area contributed by atoms with Crippen molar-refractivity contribution in [2.24, 2.45) is 0 Å². The smallest absolute Gasteiger partial charge is 0.187 e. The summed E-state index contributed by atoms with van der Waals surface area (Å²) < 4.78 is 15.7. The molecule has 1 aliphatic rings. The maximum atomic E-state index is 9.72. The lowest BCUT2D eigenvalue weighted by Gasteiger charge is -2.40. The third-order valence-corrected chi connectivity index (χ3v) is 2.43. The zero-order valence-electron chi connectivity index (χ0n) is 9.00. The first-order valence-corrected chi connectivity index (χ1v) is 4.88. The van der Waals surface area contributed by atoms with Crippen molar-refractivity contribution >= 4 is 0 Å². The summed E-state index contributed by atoms with van der Waals surface area (Å²) >= 11 is 0. The Labute approximate surface area is 89.3 Å². The van der Waals surface area contributed by atoms with E-state index in [0.717, 1.165) is 0 Å². The van der Waals surface area contributed by atoms with Crippen molar-refractivity contribution in [3.8, 4) is 0 Å². The molecule has 5 nitrogen and oxygen atoms in total. The average molecular weight is 218 g/mol. The van der Waals surface area contributed by atoms with Crippen LogP contribution in [0.25, 0.3) is 0 Å². The van der Waals surface area contributed by atoms with Crippen molar-refractivity contribution in [1.29, 1.82) is 0 Å². The van der Waals surface area contributed by atoms with E-state index in [0.29, 0.717) is 6.61 Å². The quantitative estimate of drug-likeness (QED) is 0.632. The molecule has 0 radical (unpaired) electrons. The molecule has 0 aromatic rings. The van der Waals surface area contributed by atoms with Gasteiger partial charge in [0.15, 0.2) is 6.29 Å². The minimum absolute atomic E-state index is 0.306. The first-order chi connectivity index (χ1) is 7.11. The van der Waals surface area contributed by atoms with Gasteiger partial charge >= 0.3 is 0 Å². The van der Waals surface area contributed by atoms with Crippen LogP contribution in [0, 0.1) is 0 Å². The molecule has 1 aliphatic heterocycles. The molecule has 88 valence electrons. The van der Waals surface area contributed by atoms with Crippen molar-refractivity contribution in [3.63, 3.8) is 0 Å². The fourth-order valence-corrected chi connectivity index (χ4v) is 1.55. The van der Waals surface area contributed by atoms with Crippen LogP contribution < -0.4 is 0 Å². The summed E-state index contributed by atoms with van der Waals surface area (Å²) in [5, 5.41) is 19.3. The van der Waals surface area contributed by atoms with Gasteiger partial charge in [0, 0.05) is 7.11 Å². The van der Waals surface area contributed by atoms with Gasteiger partial charge in [-0.25, -0.2) is 0 Å². The molecular formula is C10H18O5. The lowest BCUT2D eigenvalue weighted by atomic mass is 10.00. The number of aliphatic hydroxyl groups excluding tert-OH is 2. The Morgan fingerprint density at radius 1 is 1.40 bits per heavy atom. The van der Waals surface area contributed by atoms with Crippen molar-refractivity contribution in [2.75, 3.05) is 13.7 Å². The van der Waals surface area contributed by atoms with Gasteiger partial charge in [0.05, 0.1) is 12.7 Å². The van der Waals surface area contributed by atoms with E-state index in [-0.39, 0.29) is 0 Å². The lowest BCUT2D eigenvalue weighted by molar-refractivity contribution is -0.295. The molecule has 0 spiro atoms. The Morgan fingerprint density at radius 2 is 2.07 bits per heavy atom. The number of rotatable bonds is 4. The van der Waals surface area contributed by atoms with Gasteiger partial charge in [0.25, 0.3) is 0 Å². The first kappa shape index (κ1) is 12.6. The lowest BCUT2D eigenvalue weighted by Crippen LogP contribution is -2.58. The Morgan fingerprint density at radius 3 is 2.60 bits per heavy atom. The van der Waals surface area contributed by atoms with Crippen LogP contribution in [-0.2, 0) is 14.2 Å². The van der Waals surface area contributed by atoms with E-state index in [2.05, 4.69) is 6.58 Å². The average Bonchev–Trinajstić information content (AvgIpc) is 2.23. The second-order valence-electron chi connectivity index (χ2n) is 3.51. The van der Waals surface area contributed by atoms with E-state index in [9.17, 15) is 10.2 Å². The van der Waals surface area contributed by atoms with E-state index < -0.39 is 30.7 Å². The zero-order valence-corrected chi connectivity index (χ0v) is 9.00. The minimum Gasteiger partial charge on any atom is -0.388 e. The van der Waals surface area contributed by atoms with E-state index >= 15 is 0 Å². The van der Waals surface area contributed by atoms with Crippen LogP contribution in [0.1, 0.15) is 6.92 Å². The number of hydrogen-bond donors (Lipinski definition) is 2. The van der Waals surface area contributed by atoms with E-state index in [4.69, 9.17) is 14.2 Å². The fraction of sp³-hybridized carbons (Fsp3) is 0.800. The van der Waals surface area contributed by atoms with Gasteiger partial charge in [0.2, 0.25) is 0 Å². The summed E-state index contributed by atoms with van der Waals surface area (Å²) in [6.07, 6.45) is -2.23. The van der Waals surface area contributed by atoms with Crippen LogP contribution in [0.3, 0.4) is 0 Å². The summed E-state index contributed by atoms with van der Waals surface area (Å²) in [5.74, 6) is 0. The molecule has 0 saturated carbocycles. The molecule has 0 amide bonds. The van der Waals surface area contributed by atoms with Crippen molar-refractivity contribution in [2.45, 2.75) is 37.6 Å². The largest absolute Gasteiger partial charge is 0.388 e. The van der Waals surface area contributed by atoms with Gasteiger partial charge in [-0.3, -0.25) is 0 Å². The molecule has 0 aromatic carbocycles. The zero-order chi connectivity index (χ0) is 11.4. The molecule has 1 saturated heterocycles. The minimum atomic E-state index is -1.01. The normalized spacial score (nSPS) is 41.5. The molecule has 0 bridgehead atoms. The maximum absolute atomic E-state index is 9.72. The highest BCUT2D eigenvalue weighted by Gasteiger charge is 2.43. The van der Waals surface area contributed by atoms with Gasteiger partial charge in [-0.15, -0.1) is 6.58 Å². The Bertz CT molecular complexity index is 208. The summed E-state index contributed by atoms with van der Waals surface area (Å²) in [6.45, 7) is 5.49. The van der Waals surface area contributed by atoms with Gasteiger partial charge in [-0.05, 0) is 6.92 Å². The fourth-order valence-electron chi connectivity index (χ4n) is 1.55. The Hall–Kier alpha value is -0.460. The van der Waals surface area contributed by atoms with Crippen LogP contribution in [0.4, 0.5) is 0 Å². The van der Waals surface area contributed by atoms with Crippen LogP contribution in [-0.4, -0.2) is 54.6 Å². The summed E-state index contributed by atoms with van der Waals surface area (Å²) in [7, 11) is 1.43. The van der Waals surface area contributed by atoms with E-state index in [1.807, 2.05) is 0 Å². The van der Waals surface area contributed by atoms with Crippen molar-refractivity contribution < 1.29 is 24.4 Å². The van der Waals surface area contributed by atoms with Gasteiger partial charge < -0.3 is 24.4 Å². The van der Waals surface area contributed by atoms with Gasteiger partial charge in [-0.1, -0.05) is 6.08 Å². The maximum Gasteiger partial charge on any atom is 0.187 e. The van der Waals surface area contributed by atoms with Crippen molar-refractivity contribution in [1.82, 2.24) is 0 Å². The molecule has 0 aliphatic carbocycles. The Kier molecular flexibility index (Phi) is 4.69. The highest BCUT2D eigenvalue weighted by Crippen LogP contribution is 2.23. The van der Waals surface area contributed by atoms with Gasteiger partial charge in [0.1, 0.15) is 18.3 Å². The predicted octanol–water partition coefficient (Wildman–Crippen LogP) is -0.329. The number of hydrogen-bond acceptors (Lipinski definition) is 5. The molecule has 1 fully saturated rings. The molecule has 0 aromatic heterocycles. The van der Waals surface area contributed by atoms with E-state index in [1.54, 1.807) is 13.0 Å². The molecule has 5 atom stereocenters. The number of methoxy groups -OCH3 is 1. The Balaban J connectivity index is 2.64. The number of ether oxygens (including phenoxy) is 3. The predicted molar refractivity (Wildman–Crippen MR) is 53.3 cm³/mol. The second-order valence-corrected chi connectivity index (χ2v) is 3.51. The molecule has 2 N–H and O–H groups in total. The highest BCUT2D eigenvalue weighted by atomic mass is 16.7. The van der Waals surface area contributed by atoms with Gasteiger partial charge in [-0.2, -0.15) is 0 Å². The third kappa shape index (κ3) is 2.76. The first-order valence-electron chi connectivity index (χ1n) is 4.88. The second kappa shape index (κ2) is 5.58. The third-order valence-electron chi connectivity index (χ3n) is 2.43. The van der Waals surface area contributed by atoms with Crippen molar-refractivity contribution in [3.05, 3.63) is 12.7 Å². The molecule has 15 heavy (non-hydrogen) atoms.